The first-order valence-corrected chi connectivity index (χ1v) is 6.49. The van der Waals surface area contributed by atoms with Gasteiger partial charge in [0.2, 0.25) is 5.52 Å². The molecule has 0 unspecified atom stereocenters. The van der Waals surface area contributed by atoms with Crippen LogP contribution in [0.25, 0.3) is 0 Å². The molecule has 0 rings (SSSR count). The molecule has 0 aliphatic heterocycles. The third kappa shape index (κ3) is 4.56. The van der Waals surface area contributed by atoms with E-state index in [1.807, 2.05) is 0 Å². The molecule has 0 saturated heterocycles. The van der Waals surface area contributed by atoms with Gasteiger partial charge in [-0.1, -0.05) is 6.42 Å². The van der Waals surface area contributed by atoms with Gasteiger partial charge in [-0.05, 0) is 12.8 Å². The molecule has 0 aromatic heterocycles. The zero-order valence-corrected chi connectivity index (χ0v) is 10.1. The molecule has 0 aliphatic carbocycles. The van der Waals surface area contributed by atoms with E-state index in [1.54, 1.807) is 0 Å². The lowest BCUT2D eigenvalue weighted by Crippen LogP contribution is -2.03. The minimum Gasteiger partial charge on any atom is -0.307 e. The molecular formula is C8H16ClO4P. The van der Waals surface area contributed by atoms with Crippen molar-refractivity contribution in [1.82, 2.24) is 0 Å². The highest BCUT2D eigenvalue weighted by Gasteiger charge is 2.30. The fourth-order valence-electron chi connectivity index (χ4n) is 0.963. The van der Waals surface area contributed by atoms with Gasteiger partial charge in [0.25, 0.3) is 0 Å². The second-order valence-electron chi connectivity index (χ2n) is 2.76. The standard InChI is InChI=1S/C8H16ClO4P/c1-12-14(11,13-2)8(10)6-4-3-5-7-9/h3-7H2,1-2H3. The van der Waals surface area contributed by atoms with Crippen molar-refractivity contribution in [3.8, 4) is 0 Å². The average Bonchev–Trinajstić information content (AvgIpc) is 2.22. The molecule has 0 aromatic carbocycles. The Morgan fingerprint density at radius 3 is 2.21 bits per heavy atom. The van der Waals surface area contributed by atoms with Crippen LogP contribution in [0.3, 0.4) is 0 Å². The summed E-state index contributed by atoms with van der Waals surface area (Å²) in [6, 6.07) is 0. The van der Waals surface area contributed by atoms with Crippen molar-refractivity contribution in [2.75, 3.05) is 20.1 Å². The van der Waals surface area contributed by atoms with E-state index in [-0.39, 0.29) is 6.42 Å². The van der Waals surface area contributed by atoms with Crippen LogP contribution in [-0.2, 0) is 18.4 Å². The lowest BCUT2D eigenvalue weighted by atomic mass is 10.2. The summed E-state index contributed by atoms with van der Waals surface area (Å²) >= 11 is 5.47. The number of halogens is 1. The summed E-state index contributed by atoms with van der Waals surface area (Å²) in [5.41, 5.74) is -0.461. The molecule has 0 saturated carbocycles. The average molecular weight is 243 g/mol. The summed E-state index contributed by atoms with van der Waals surface area (Å²) in [4.78, 5) is 11.3. The number of carbonyl (C=O) groups is 1. The maximum absolute atomic E-state index is 11.5. The lowest BCUT2D eigenvalue weighted by molar-refractivity contribution is -0.113. The lowest BCUT2D eigenvalue weighted by Gasteiger charge is -2.11. The minimum atomic E-state index is -3.49. The van der Waals surface area contributed by atoms with E-state index in [2.05, 4.69) is 9.05 Å². The van der Waals surface area contributed by atoms with Crippen LogP contribution in [0.1, 0.15) is 25.7 Å². The van der Waals surface area contributed by atoms with Crippen LogP contribution in [0.15, 0.2) is 0 Å². The van der Waals surface area contributed by atoms with E-state index >= 15 is 0 Å². The highest BCUT2D eigenvalue weighted by Crippen LogP contribution is 2.48. The normalized spacial score (nSPS) is 11.6. The van der Waals surface area contributed by atoms with Crippen LogP contribution in [0.4, 0.5) is 0 Å². The SMILES string of the molecule is COP(=O)(OC)C(=O)CCCCCCl. The predicted molar refractivity (Wildman–Crippen MR) is 55.8 cm³/mol. The number of alkyl halides is 1. The third-order valence-electron chi connectivity index (χ3n) is 1.81. The first-order valence-electron chi connectivity index (χ1n) is 4.41. The van der Waals surface area contributed by atoms with E-state index < -0.39 is 13.1 Å². The number of rotatable bonds is 8. The van der Waals surface area contributed by atoms with Gasteiger partial charge in [0, 0.05) is 26.5 Å². The van der Waals surface area contributed by atoms with Crippen LogP contribution in [-0.4, -0.2) is 25.6 Å². The molecule has 0 fully saturated rings. The number of hydrogen-bond donors (Lipinski definition) is 0. The van der Waals surface area contributed by atoms with Crippen LogP contribution in [0.5, 0.6) is 0 Å². The van der Waals surface area contributed by atoms with E-state index in [9.17, 15) is 9.36 Å². The Labute approximate surface area is 89.4 Å². The predicted octanol–water partition coefficient (Wildman–Crippen LogP) is 2.80. The van der Waals surface area contributed by atoms with Gasteiger partial charge in [-0.15, -0.1) is 11.6 Å². The van der Waals surface area contributed by atoms with Gasteiger partial charge in [-0.2, -0.15) is 0 Å². The second-order valence-corrected chi connectivity index (χ2v) is 5.36. The molecule has 0 atom stereocenters. The van der Waals surface area contributed by atoms with Gasteiger partial charge in [0.1, 0.15) is 0 Å². The van der Waals surface area contributed by atoms with Gasteiger partial charge in [-0.25, -0.2) is 0 Å². The van der Waals surface area contributed by atoms with Crippen LogP contribution in [0.2, 0.25) is 0 Å². The number of unbranched alkanes of at least 4 members (excludes halogenated alkanes) is 2. The Kier molecular flexibility index (Phi) is 7.47. The van der Waals surface area contributed by atoms with Gasteiger partial charge in [-0.3, -0.25) is 9.36 Å². The van der Waals surface area contributed by atoms with Gasteiger partial charge in [0.05, 0.1) is 0 Å². The molecule has 0 amide bonds. The maximum atomic E-state index is 11.5. The topological polar surface area (TPSA) is 52.6 Å². The van der Waals surface area contributed by atoms with Crippen LogP contribution < -0.4 is 0 Å². The summed E-state index contributed by atoms with van der Waals surface area (Å²) in [6.45, 7) is 0. The van der Waals surface area contributed by atoms with Crippen molar-refractivity contribution in [3.63, 3.8) is 0 Å². The summed E-state index contributed by atoms with van der Waals surface area (Å²) in [7, 11) is -1.07. The highest BCUT2D eigenvalue weighted by molar-refractivity contribution is 7.71. The van der Waals surface area contributed by atoms with Gasteiger partial charge < -0.3 is 9.05 Å². The fourth-order valence-corrected chi connectivity index (χ4v) is 2.14. The molecule has 0 aromatic rings. The largest absolute Gasteiger partial charge is 0.396 e. The summed E-state index contributed by atoms with van der Waals surface area (Å²) in [5.74, 6) is 0.584. The number of carbonyl (C=O) groups excluding carboxylic acids is 1. The molecule has 14 heavy (non-hydrogen) atoms. The van der Waals surface area contributed by atoms with Crippen molar-refractivity contribution in [2.45, 2.75) is 25.7 Å². The molecule has 0 radical (unpaired) electrons. The third-order valence-corrected chi connectivity index (χ3v) is 3.87. The van der Waals surface area contributed by atoms with E-state index in [0.717, 1.165) is 12.8 Å². The van der Waals surface area contributed by atoms with Crippen LogP contribution >= 0.6 is 19.2 Å². The number of hydrogen-bond acceptors (Lipinski definition) is 4. The van der Waals surface area contributed by atoms with Crippen molar-refractivity contribution in [3.05, 3.63) is 0 Å². The minimum absolute atomic E-state index is 0.218. The zero-order valence-electron chi connectivity index (χ0n) is 8.49. The van der Waals surface area contributed by atoms with Gasteiger partial charge in [0.15, 0.2) is 0 Å². The zero-order chi connectivity index (χ0) is 11.0. The molecule has 4 nitrogen and oxygen atoms in total. The van der Waals surface area contributed by atoms with Crippen molar-refractivity contribution < 1.29 is 18.4 Å². The second kappa shape index (κ2) is 7.41. The molecule has 0 heterocycles. The quantitative estimate of drug-likeness (QED) is 0.373. The highest BCUT2D eigenvalue weighted by atomic mass is 35.5. The molecule has 0 N–H and O–H groups in total. The Morgan fingerprint density at radius 1 is 1.21 bits per heavy atom. The molecule has 84 valence electrons. The Balaban J connectivity index is 3.89. The summed E-state index contributed by atoms with van der Waals surface area (Å²) in [6.07, 6.45) is 2.60. The smallest absolute Gasteiger partial charge is 0.307 e. The maximum Gasteiger partial charge on any atom is 0.396 e. The van der Waals surface area contributed by atoms with Crippen molar-refractivity contribution in [2.24, 2.45) is 0 Å². The van der Waals surface area contributed by atoms with Crippen molar-refractivity contribution >= 4 is 24.7 Å². The van der Waals surface area contributed by atoms with E-state index in [1.165, 1.54) is 14.2 Å². The fraction of sp³-hybridized carbons (Fsp3) is 0.875. The Morgan fingerprint density at radius 2 is 1.79 bits per heavy atom. The molecular weight excluding hydrogens is 227 g/mol. The molecule has 0 aliphatic rings. The first-order chi connectivity index (χ1) is 6.60. The molecule has 6 heteroatoms. The Bertz CT molecular complexity index is 211. The summed E-state index contributed by atoms with van der Waals surface area (Å²) in [5, 5.41) is 0. The Hall–Kier alpha value is 0.110. The first kappa shape index (κ1) is 14.1. The molecule has 0 spiro atoms. The van der Waals surface area contributed by atoms with E-state index in [0.29, 0.717) is 12.3 Å². The van der Waals surface area contributed by atoms with Gasteiger partial charge >= 0.3 is 7.60 Å². The van der Waals surface area contributed by atoms with Crippen LogP contribution in [0, 0.1) is 0 Å². The monoisotopic (exact) mass is 242 g/mol. The summed E-state index contributed by atoms with van der Waals surface area (Å²) < 4.78 is 20.6. The van der Waals surface area contributed by atoms with E-state index in [4.69, 9.17) is 11.6 Å². The van der Waals surface area contributed by atoms with Crippen molar-refractivity contribution in [1.29, 1.82) is 0 Å². The molecule has 0 bridgehead atoms.